The number of aromatic hydroxyl groups is 1. The molecule has 134 valence electrons. The van der Waals surface area contributed by atoms with Crippen LogP contribution < -0.4 is 14.2 Å². The van der Waals surface area contributed by atoms with Crippen molar-refractivity contribution < 1.29 is 29.5 Å². The standard InChI is InChI=1S/C19H22O6/c1-23-16-7-12(6-14(10-20)15(16)11-21)4-5-13-8-17(24-2)19(22)18(9-13)25-3/h4-9,20-22H,10-11H2,1-3H3. The molecule has 2 aromatic rings. The van der Waals surface area contributed by atoms with Gasteiger partial charge in [0.1, 0.15) is 5.75 Å². The van der Waals surface area contributed by atoms with Gasteiger partial charge in [-0.15, -0.1) is 0 Å². The summed E-state index contributed by atoms with van der Waals surface area (Å²) in [6.07, 6.45) is 3.65. The van der Waals surface area contributed by atoms with Crippen LogP contribution in [-0.2, 0) is 13.2 Å². The van der Waals surface area contributed by atoms with Crippen molar-refractivity contribution in [2.45, 2.75) is 13.2 Å². The number of rotatable bonds is 7. The van der Waals surface area contributed by atoms with Crippen LogP contribution >= 0.6 is 0 Å². The third kappa shape index (κ3) is 4.04. The number of benzene rings is 2. The molecule has 3 N–H and O–H groups in total. The van der Waals surface area contributed by atoms with Gasteiger partial charge in [0.2, 0.25) is 5.75 Å². The molecule has 0 unspecified atom stereocenters. The Morgan fingerprint density at radius 1 is 0.760 bits per heavy atom. The molecule has 0 saturated heterocycles. The van der Waals surface area contributed by atoms with Crippen LogP contribution in [-0.4, -0.2) is 36.6 Å². The highest BCUT2D eigenvalue weighted by molar-refractivity contribution is 5.73. The largest absolute Gasteiger partial charge is 0.502 e. The molecule has 6 heteroatoms. The predicted molar refractivity (Wildman–Crippen MR) is 95.0 cm³/mol. The summed E-state index contributed by atoms with van der Waals surface area (Å²) in [4.78, 5) is 0. The van der Waals surface area contributed by atoms with E-state index in [0.717, 1.165) is 11.1 Å². The lowest BCUT2D eigenvalue weighted by Crippen LogP contribution is -1.99. The normalized spacial score (nSPS) is 10.9. The Kier molecular flexibility index (Phi) is 6.27. The van der Waals surface area contributed by atoms with Crippen LogP contribution in [0, 0.1) is 0 Å². The first-order valence-corrected chi connectivity index (χ1v) is 7.62. The molecule has 0 radical (unpaired) electrons. The molecule has 25 heavy (non-hydrogen) atoms. The number of hydrogen-bond donors (Lipinski definition) is 3. The van der Waals surface area contributed by atoms with Crippen LogP contribution in [0.2, 0.25) is 0 Å². The van der Waals surface area contributed by atoms with Gasteiger partial charge in [0.25, 0.3) is 0 Å². The van der Waals surface area contributed by atoms with Gasteiger partial charge in [-0.3, -0.25) is 0 Å². The molecule has 0 fully saturated rings. The Balaban J connectivity index is 2.42. The van der Waals surface area contributed by atoms with Crippen LogP contribution in [0.4, 0.5) is 0 Å². The van der Waals surface area contributed by atoms with Crippen molar-refractivity contribution in [3.8, 4) is 23.0 Å². The maximum absolute atomic E-state index is 9.95. The summed E-state index contributed by atoms with van der Waals surface area (Å²) in [5.74, 6) is 1.07. The van der Waals surface area contributed by atoms with Gasteiger partial charge in [-0.25, -0.2) is 0 Å². The van der Waals surface area contributed by atoms with Crippen LogP contribution in [0.15, 0.2) is 24.3 Å². The highest BCUT2D eigenvalue weighted by Gasteiger charge is 2.11. The van der Waals surface area contributed by atoms with Gasteiger partial charge in [-0.1, -0.05) is 12.2 Å². The topological polar surface area (TPSA) is 88.4 Å². The molecule has 0 aliphatic rings. The molecule has 0 spiro atoms. The first kappa shape index (κ1) is 18.6. The summed E-state index contributed by atoms with van der Waals surface area (Å²) < 4.78 is 15.6. The molecule has 0 bridgehead atoms. The van der Waals surface area contributed by atoms with Gasteiger partial charge >= 0.3 is 0 Å². The van der Waals surface area contributed by atoms with E-state index in [2.05, 4.69) is 0 Å². The maximum Gasteiger partial charge on any atom is 0.200 e. The fourth-order valence-corrected chi connectivity index (χ4v) is 2.53. The minimum Gasteiger partial charge on any atom is -0.502 e. The van der Waals surface area contributed by atoms with E-state index in [0.29, 0.717) is 28.4 Å². The number of phenolic OH excluding ortho intramolecular Hbond substituents is 1. The van der Waals surface area contributed by atoms with Crippen molar-refractivity contribution in [2.75, 3.05) is 21.3 Å². The lowest BCUT2D eigenvalue weighted by atomic mass is 10.0. The average Bonchev–Trinajstić information content (AvgIpc) is 2.65. The van der Waals surface area contributed by atoms with Gasteiger partial charge in [0.05, 0.1) is 34.5 Å². The Morgan fingerprint density at radius 3 is 1.68 bits per heavy atom. The Morgan fingerprint density at radius 2 is 1.24 bits per heavy atom. The van der Waals surface area contributed by atoms with Crippen molar-refractivity contribution in [1.29, 1.82) is 0 Å². The Hall–Kier alpha value is -2.70. The zero-order valence-corrected chi connectivity index (χ0v) is 14.4. The van der Waals surface area contributed by atoms with E-state index in [1.807, 2.05) is 12.2 Å². The van der Waals surface area contributed by atoms with E-state index >= 15 is 0 Å². The monoisotopic (exact) mass is 346 g/mol. The zero-order valence-electron chi connectivity index (χ0n) is 14.4. The molecule has 2 aromatic carbocycles. The summed E-state index contributed by atoms with van der Waals surface area (Å²) in [6.45, 7) is -0.412. The van der Waals surface area contributed by atoms with Crippen molar-refractivity contribution in [1.82, 2.24) is 0 Å². The molecule has 6 nitrogen and oxygen atoms in total. The third-order valence-corrected chi connectivity index (χ3v) is 3.84. The van der Waals surface area contributed by atoms with Crippen molar-refractivity contribution >= 4 is 12.2 Å². The molecule has 0 heterocycles. The third-order valence-electron chi connectivity index (χ3n) is 3.84. The van der Waals surface area contributed by atoms with Gasteiger partial charge in [-0.05, 0) is 41.0 Å². The molecule has 0 saturated carbocycles. The second kappa shape index (κ2) is 8.41. The quantitative estimate of drug-likeness (QED) is 0.668. The van der Waals surface area contributed by atoms with Crippen molar-refractivity contribution in [3.05, 3.63) is 46.5 Å². The van der Waals surface area contributed by atoms with Crippen LogP contribution in [0.3, 0.4) is 0 Å². The molecular weight excluding hydrogens is 324 g/mol. The number of aliphatic hydroxyl groups excluding tert-OH is 2. The minimum atomic E-state index is -0.213. The van der Waals surface area contributed by atoms with E-state index in [1.165, 1.54) is 21.3 Å². The summed E-state index contributed by atoms with van der Waals surface area (Å²) in [5.41, 5.74) is 2.73. The fourth-order valence-electron chi connectivity index (χ4n) is 2.53. The Bertz CT molecular complexity index is 716. The summed E-state index contributed by atoms with van der Waals surface area (Å²) in [7, 11) is 4.45. The Labute approximate surface area is 146 Å². The SMILES string of the molecule is COc1cc(C=Cc2cc(CO)c(CO)c(OC)c2)cc(OC)c1O. The van der Waals surface area contributed by atoms with Crippen LogP contribution in [0.5, 0.6) is 23.0 Å². The minimum absolute atomic E-state index is 0.0568. The first-order valence-electron chi connectivity index (χ1n) is 7.62. The first-order chi connectivity index (χ1) is 12.1. The van der Waals surface area contributed by atoms with Crippen molar-refractivity contribution in [2.24, 2.45) is 0 Å². The molecule has 0 atom stereocenters. The molecule has 0 aliphatic heterocycles. The maximum atomic E-state index is 9.95. The number of hydrogen-bond acceptors (Lipinski definition) is 6. The van der Waals surface area contributed by atoms with Gasteiger partial charge in [0.15, 0.2) is 11.5 Å². The van der Waals surface area contributed by atoms with Crippen molar-refractivity contribution in [3.63, 3.8) is 0 Å². The zero-order chi connectivity index (χ0) is 18.4. The molecule has 0 amide bonds. The van der Waals surface area contributed by atoms with Crippen LogP contribution in [0.1, 0.15) is 22.3 Å². The summed E-state index contributed by atoms with van der Waals surface area (Å²) in [5, 5.41) is 28.9. The number of phenols is 1. The van der Waals surface area contributed by atoms with Gasteiger partial charge < -0.3 is 29.5 Å². The molecule has 0 aliphatic carbocycles. The second-order valence-electron chi connectivity index (χ2n) is 5.28. The highest BCUT2D eigenvalue weighted by atomic mass is 16.5. The van der Waals surface area contributed by atoms with Gasteiger partial charge in [-0.2, -0.15) is 0 Å². The predicted octanol–water partition coefficient (Wildman–Crippen LogP) is 2.57. The van der Waals surface area contributed by atoms with Crippen LogP contribution in [0.25, 0.3) is 12.2 Å². The molecular formula is C19H22O6. The number of aliphatic hydroxyl groups is 2. The number of methoxy groups -OCH3 is 3. The smallest absolute Gasteiger partial charge is 0.200 e. The van der Waals surface area contributed by atoms with E-state index < -0.39 is 0 Å². The average molecular weight is 346 g/mol. The fraction of sp³-hybridized carbons (Fsp3) is 0.263. The lowest BCUT2D eigenvalue weighted by Gasteiger charge is -2.12. The summed E-state index contributed by atoms with van der Waals surface area (Å²) >= 11 is 0. The highest BCUT2D eigenvalue weighted by Crippen LogP contribution is 2.37. The second-order valence-corrected chi connectivity index (χ2v) is 5.28. The van der Waals surface area contributed by atoms with E-state index in [4.69, 9.17) is 14.2 Å². The van der Waals surface area contributed by atoms with E-state index in [-0.39, 0.29) is 19.0 Å². The molecule has 2 rings (SSSR count). The lowest BCUT2D eigenvalue weighted by molar-refractivity contribution is 0.254. The van der Waals surface area contributed by atoms with E-state index in [9.17, 15) is 15.3 Å². The van der Waals surface area contributed by atoms with Gasteiger partial charge in [0, 0.05) is 5.56 Å². The number of ether oxygens (including phenoxy) is 3. The van der Waals surface area contributed by atoms with E-state index in [1.54, 1.807) is 24.3 Å². The summed E-state index contributed by atoms with van der Waals surface area (Å²) in [6, 6.07) is 6.91. The molecule has 0 aromatic heterocycles.